The Bertz CT molecular complexity index is 767. The molecule has 1 aromatic heterocycles. The number of aromatic nitrogens is 1. The first-order valence-corrected chi connectivity index (χ1v) is 6.52. The van der Waals surface area contributed by atoms with E-state index in [1.54, 1.807) is 6.07 Å². The van der Waals surface area contributed by atoms with E-state index < -0.39 is 4.92 Å². The highest BCUT2D eigenvalue weighted by Gasteiger charge is 2.12. The van der Waals surface area contributed by atoms with E-state index in [1.807, 2.05) is 24.3 Å². The topological polar surface area (TPSA) is 95.2 Å². The largest absolute Gasteiger partial charge is 0.431 e. The van der Waals surface area contributed by atoms with Crippen LogP contribution in [-0.2, 0) is 0 Å². The molecule has 0 aliphatic heterocycles. The molecule has 0 radical (unpaired) electrons. The maximum absolute atomic E-state index is 10.7. The molecule has 3 aromatic rings. The molecule has 0 spiro atoms. The number of non-ortho nitro benzene ring substituents is 1. The zero-order valence-corrected chi connectivity index (χ0v) is 11.0. The van der Waals surface area contributed by atoms with Crippen LogP contribution in [0, 0.1) is 10.1 Å². The average molecular weight is 287 g/mol. The number of nitro groups is 1. The Kier molecular flexibility index (Phi) is 3.03. The molecule has 0 atom stereocenters. The molecule has 7 heteroatoms. The number of rotatable bonds is 3. The van der Waals surface area contributed by atoms with Gasteiger partial charge in [-0.25, -0.2) is 4.98 Å². The smallest absolute Gasteiger partial charge is 0.271 e. The number of benzene rings is 2. The Morgan fingerprint density at radius 2 is 2.05 bits per heavy atom. The number of nitro benzene ring substituents is 1. The monoisotopic (exact) mass is 287 g/mol. The lowest BCUT2D eigenvalue weighted by molar-refractivity contribution is -0.384. The van der Waals surface area contributed by atoms with E-state index in [2.05, 4.69) is 4.98 Å². The number of nitrogens with zero attached hydrogens (tertiary/aromatic N) is 2. The molecule has 0 aliphatic carbocycles. The van der Waals surface area contributed by atoms with Crippen molar-refractivity contribution in [1.82, 2.24) is 4.98 Å². The van der Waals surface area contributed by atoms with Crippen LogP contribution in [0.1, 0.15) is 0 Å². The van der Waals surface area contributed by atoms with Crippen molar-refractivity contribution in [2.45, 2.75) is 10.1 Å². The zero-order chi connectivity index (χ0) is 14.1. The first-order chi connectivity index (χ1) is 9.63. The first kappa shape index (κ1) is 12.5. The van der Waals surface area contributed by atoms with Gasteiger partial charge in [0.2, 0.25) is 0 Å². The predicted molar refractivity (Wildman–Crippen MR) is 75.6 cm³/mol. The van der Waals surface area contributed by atoms with Gasteiger partial charge in [-0.2, -0.15) is 0 Å². The number of nitrogens with two attached hydrogens (primary N) is 1. The maximum atomic E-state index is 10.7. The molecule has 0 unspecified atom stereocenters. The van der Waals surface area contributed by atoms with Gasteiger partial charge in [0.15, 0.2) is 5.58 Å². The second-order valence-corrected chi connectivity index (χ2v) is 5.02. The van der Waals surface area contributed by atoms with Crippen LogP contribution in [0.25, 0.3) is 11.1 Å². The van der Waals surface area contributed by atoms with E-state index in [1.165, 1.54) is 23.9 Å². The molecule has 0 amide bonds. The molecule has 6 nitrogen and oxygen atoms in total. The van der Waals surface area contributed by atoms with Gasteiger partial charge in [0.1, 0.15) is 5.52 Å². The highest BCUT2D eigenvalue weighted by molar-refractivity contribution is 7.99. The minimum Gasteiger partial charge on any atom is -0.431 e. The van der Waals surface area contributed by atoms with Crippen LogP contribution in [0.3, 0.4) is 0 Å². The summed E-state index contributed by atoms with van der Waals surface area (Å²) in [4.78, 5) is 15.2. The van der Waals surface area contributed by atoms with E-state index in [0.717, 1.165) is 5.52 Å². The second-order valence-electron chi connectivity index (χ2n) is 4.03. The number of hydrogen-bond acceptors (Lipinski definition) is 6. The van der Waals surface area contributed by atoms with Crippen molar-refractivity contribution < 1.29 is 9.34 Å². The van der Waals surface area contributed by atoms with Gasteiger partial charge in [-0.1, -0.05) is 12.1 Å². The molecule has 0 saturated heterocycles. The first-order valence-electron chi connectivity index (χ1n) is 5.71. The molecule has 0 saturated carbocycles. The maximum Gasteiger partial charge on any atom is 0.271 e. The lowest BCUT2D eigenvalue weighted by Crippen LogP contribution is -1.93. The fourth-order valence-corrected chi connectivity index (χ4v) is 2.51. The highest BCUT2D eigenvalue weighted by atomic mass is 32.2. The Hall–Kier alpha value is -2.54. The van der Waals surface area contributed by atoms with Crippen LogP contribution < -0.4 is 5.73 Å². The summed E-state index contributed by atoms with van der Waals surface area (Å²) in [6.45, 7) is 0. The summed E-state index contributed by atoms with van der Waals surface area (Å²) >= 11 is 1.23. The third-order valence-corrected chi connectivity index (χ3v) is 3.62. The zero-order valence-electron chi connectivity index (χ0n) is 10.1. The van der Waals surface area contributed by atoms with Gasteiger partial charge >= 0.3 is 0 Å². The van der Waals surface area contributed by atoms with E-state index in [-0.39, 0.29) is 5.69 Å². The Morgan fingerprint density at radius 1 is 1.25 bits per heavy atom. The van der Waals surface area contributed by atoms with Crippen molar-refractivity contribution in [3.05, 3.63) is 52.6 Å². The third kappa shape index (κ3) is 2.30. The van der Waals surface area contributed by atoms with E-state index in [4.69, 9.17) is 10.2 Å². The van der Waals surface area contributed by atoms with Crippen molar-refractivity contribution in [3.63, 3.8) is 0 Å². The molecule has 20 heavy (non-hydrogen) atoms. The minimum absolute atomic E-state index is 0.0376. The van der Waals surface area contributed by atoms with Gasteiger partial charge in [0.05, 0.1) is 10.6 Å². The Morgan fingerprint density at radius 3 is 2.75 bits per heavy atom. The summed E-state index contributed by atoms with van der Waals surface area (Å²) in [7, 11) is 0. The summed E-state index contributed by atoms with van der Waals surface area (Å²) in [6.07, 6.45) is 0. The number of hydrogen-bond donors (Lipinski definition) is 1. The fourth-order valence-electron chi connectivity index (χ4n) is 1.73. The predicted octanol–water partition coefficient (Wildman–Crippen LogP) is 3.47. The normalized spacial score (nSPS) is 10.8. The molecule has 3 rings (SSSR count). The van der Waals surface area contributed by atoms with Crippen molar-refractivity contribution in [2.24, 2.45) is 0 Å². The van der Waals surface area contributed by atoms with E-state index in [9.17, 15) is 10.1 Å². The Labute approximate surface area is 117 Å². The van der Waals surface area contributed by atoms with Gasteiger partial charge in [-0.05, 0) is 30.0 Å². The summed E-state index contributed by atoms with van der Waals surface area (Å²) in [5.74, 6) is 0. The number of fused-ring (bicyclic) bond motifs is 1. The third-order valence-electron chi connectivity index (χ3n) is 2.68. The number of para-hydroxylation sites is 2. The van der Waals surface area contributed by atoms with Crippen LogP contribution in [0.15, 0.2) is 57.0 Å². The van der Waals surface area contributed by atoms with Crippen LogP contribution in [0.4, 0.5) is 11.4 Å². The average Bonchev–Trinajstić information content (AvgIpc) is 2.83. The van der Waals surface area contributed by atoms with Gasteiger partial charge < -0.3 is 10.2 Å². The number of oxazole rings is 1. The molecule has 0 fully saturated rings. The molecule has 1 heterocycles. The van der Waals surface area contributed by atoms with Crippen LogP contribution in [-0.4, -0.2) is 9.91 Å². The lowest BCUT2D eigenvalue weighted by atomic mass is 10.3. The summed E-state index contributed by atoms with van der Waals surface area (Å²) in [5, 5.41) is 11.1. The Balaban J connectivity index is 1.92. The van der Waals surface area contributed by atoms with Gasteiger partial charge in [0, 0.05) is 17.0 Å². The standard InChI is InChI=1S/C13H9N3O3S/c14-9-7-8(16(17)18)5-6-12(9)20-13-15-10-3-1-2-4-11(10)19-13/h1-7H,14H2. The summed E-state index contributed by atoms with van der Waals surface area (Å²) in [6, 6.07) is 11.7. The molecular formula is C13H9N3O3S. The van der Waals surface area contributed by atoms with Gasteiger partial charge in [-0.15, -0.1) is 0 Å². The molecule has 2 aromatic carbocycles. The fraction of sp³-hybridized carbons (Fsp3) is 0. The molecule has 2 N–H and O–H groups in total. The van der Waals surface area contributed by atoms with Crippen molar-refractivity contribution >= 4 is 34.2 Å². The lowest BCUT2D eigenvalue weighted by Gasteiger charge is -2.01. The van der Waals surface area contributed by atoms with Gasteiger partial charge in [0.25, 0.3) is 10.9 Å². The minimum atomic E-state index is -0.482. The van der Waals surface area contributed by atoms with Crippen molar-refractivity contribution in [2.75, 3.05) is 5.73 Å². The van der Waals surface area contributed by atoms with Crippen molar-refractivity contribution in [3.8, 4) is 0 Å². The SMILES string of the molecule is Nc1cc([N+](=O)[O-])ccc1Sc1nc2ccccc2o1. The van der Waals surface area contributed by atoms with Crippen LogP contribution in [0.2, 0.25) is 0 Å². The molecule has 0 aliphatic rings. The van der Waals surface area contributed by atoms with E-state index in [0.29, 0.717) is 21.4 Å². The van der Waals surface area contributed by atoms with Gasteiger partial charge in [-0.3, -0.25) is 10.1 Å². The highest BCUT2D eigenvalue weighted by Crippen LogP contribution is 2.34. The molecule has 0 bridgehead atoms. The molecular weight excluding hydrogens is 278 g/mol. The quantitative estimate of drug-likeness (QED) is 0.450. The number of nitrogen functional groups attached to an aromatic ring is 1. The second kappa shape index (κ2) is 4.86. The van der Waals surface area contributed by atoms with Crippen LogP contribution in [0.5, 0.6) is 0 Å². The number of anilines is 1. The summed E-state index contributed by atoms with van der Waals surface area (Å²) < 4.78 is 5.57. The van der Waals surface area contributed by atoms with Crippen molar-refractivity contribution in [1.29, 1.82) is 0 Å². The summed E-state index contributed by atoms with van der Waals surface area (Å²) in [5.41, 5.74) is 7.54. The van der Waals surface area contributed by atoms with E-state index >= 15 is 0 Å². The van der Waals surface area contributed by atoms with Crippen LogP contribution >= 0.6 is 11.8 Å². The molecule has 100 valence electrons.